The predicted molar refractivity (Wildman–Crippen MR) is 318 cm³/mol. The highest BCUT2D eigenvalue weighted by Gasteiger charge is 2.51. The number of nitrogens with one attached hydrogen (secondary N) is 3. The van der Waals surface area contributed by atoms with Crippen LogP contribution in [0.25, 0.3) is 11.0 Å². The second-order valence-corrected chi connectivity index (χ2v) is 26.1. The van der Waals surface area contributed by atoms with E-state index >= 15 is 0 Å². The van der Waals surface area contributed by atoms with Gasteiger partial charge in [-0.15, -0.1) is 0 Å². The molecule has 1 amide bonds. The van der Waals surface area contributed by atoms with Gasteiger partial charge >= 0.3 is 0 Å². The lowest BCUT2D eigenvalue weighted by molar-refractivity contribution is -0.384. The number of anilines is 4. The Hall–Kier alpha value is -7.24. The number of ether oxygens (including phenoxy) is 5. The van der Waals surface area contributed by atoms with E-state index in [1.807, 2.05) is 49.5 Å². The maximum Gasteiger partial charge on any atom is 0.293 e. The minimum atomic E-state index is -4.65. The first-order chi connectivity index (χ1) is 40.5. The number of piperidine rings is 1. The van der Waals surface area contributed by atoms with Gasteiger partial charge in [0.05, 0.1) is 65.7 Å². The van der Waals surface area contributed by atoms with Gasteiger partial charge < -0.3 is 48.9 Å². The number of methoxy groups -OCH3 is 2. The van der Waals surface area contributed by atoms with Crippen molar-refractivity contribution in [2.24, 2.45) is 11.3 Å². The first kappa shape index (κ1) is 57.2. The van der Waals surface area contributed by atoms with Crippen LogP contribution in [0.3, 0.4) is 0 Å². The highest BCUT2D eigenvalue weighted by molar-refractivity contribution is 7.90. The zero-order valence-corrected chi connectivity index (χ0v) is 49.2. The number of hydrogen-bond donors (Lipinski definition) is 4. The van der Waals surface area contributed by atoms with Gasteiger partial charge in [0.15, 0.2) is 5.75 Å². The Morgan fingerprint density at radius 3 is 2.50 bits per heavy atom. The zero-order chi connectivity index (χ0) is 58.5. The number of nitro groups is 1. The maximum absolute atomic E-state index is 14.9. The summed E-state index contributed by atoms with van der Waals surface area (Å²) in [5.41, 5.74) is 4.15. The SMILES string of the molecule is COc1cc(CN2CCN(C3CC4(CCN(c5ccc(C(=O)NS(=O)(=O)c6ccc(NCC7CCC(C)(O)CC7)c([N+](=O)[O-])c6)c(N6c7cc8cc[nH]c8nc7O[C@H]7COCC[C@@H]76)c5)CC4)C3)[C@@H](c3ccccc3OC(C)C)C2)cnc1OC. The van der Waals surface area contributed by atoms with E-state index in [2.05, 4.69) is 71.7 Å². The first-order valence-corrected chi connectivity index (χ1v) is 31.0. The molecule has 4 aliphatic heterocycles. The molecule has 1 spiro atoms. The van der Waals surface area contributed by atoms with Crippen molar-refractivity contribution in [3.63, 3.8) is 0 Å². The highest BCUT2D eigenvalue weighted by atomic mass is 32.2. The molecule has 2 aliphatic carbocycles. The summed E-state index contributed by atoms with van der Waals surface area (Å²) in [6.45, 7) is 12.0. The number of aliphatic hydroxyl groups is 1. The summed E-state index contributed by atoms with van der Waals surface area (Å²) < 4.78 is 60.9. The Bertz CT molecular complexity index is 3520. The molecule has 12 rings (SSSR count). The smallest absolute Gasteiger partial charge is 0.293 e. The van der Waals surface area contributed by atoms with Crippen LogP contribution in [0.1, 0.15) is 106 Å². The molecule has 446 valence electrons. The van der Waals surface area contributed by atoms with Gasteiger partial charge in [-0.3, -0.25) is 24.7 Å². The third-order valence-electron chi connectivity index (χ3n) is 18.4. The number of hydrogen-bond acceptors (Lipinski definition) is 18. The van der Waals surface area contributed by atoms with Crippen molar-refractivity contribution in [3.05, 3.63) is 118 Å². The third kappa shape index (κ3) is 11.7. The van der Waals surface area contributed by atoms with Gasteiger partial charge in [0.1, 0.15) is 28.9 Å². The van der Waals surface area contributed by atoms with Gasteiger partial charge in [-0.2, -0.15) is 4.98 Å². The number of fused-ring (bicyclic) bond motifs is 3. The van der Waals surface area contributed by atoms with E-state index in [0.717, 1.165) is 106 Å². The number of sulfonamides is 1. The van der Waals surface area contributed by atoms with Gasteiger partial charge in [-0.05, 0) is 150 Å². The lowest BCUT2D eigenvalue weighted by Crippen LogP contribution is -2.59. The van der Waals surface area contributed by atoms with Crippen LogP contribution >= 0.6 is 0 Å². The molecule has 3 aromatic heterocycles. The van der Waals surface area contributed by atoms with Crippen molar-refractivity contribution < 1.29 is 46.9 Å². The van der Waals surface area contributed by atoms with E-state index in [9.17, 15) is 28.4 Å². The monoisotopic (exact) mass is 1170 g/mol. The number of rotatable bonds is 17. The molecule has 0 bridgehead atoms. The topological polar surface area (TPSA) is 239 Å². The summed E-state index contributed by atoms with van der Waals surface area (Å²) in [7, 11) is -1.43. The van der Waals surface area contributed by atoms with Gasteiger partial charge in [0.25, 0.3) is 27.5 Å². The third-order valence-corrected chi connectivity index (χ3v) is 19.7. The molecule has 21 nitrogen and oxygen atoms in total. The standard InChI is InChI=1S/C62H76N10O11S/c1-39(2)82-54-9-7-6-8-46(54)53-37-68(36-41-28-55(79-4)60(80-5)65-35-41)25-26-70(53)44-32-62(33-44)20-23-69(24-21-62)43-10-12-47(50(30-43)71-49-17-27-81-38-56(49)83-59-52(71)29-42-16-22-63-57(42)66-59)58(73)67-84(77,78)45-11-13-48(51(31-45)72(75)76)64-34-40-14-18-61(3,74)19-15-40/h6-13,16,22,28-31,35,39-40,44,49,53,56,64,74H,14-15,17-21,23-27,32-34,36-38H2,1-5H3,(H,63,66)(H,67,73)/t40?,49-,53+,56-,61?/m0/s1. The molecule has 5 fully saturated rings. The number of aromatic nitrogens is 3. The van der Waals surface area contributed by atoms with Gasteiger partial charge in [-0.1, -0.05) is 18.2 Å². The van der Waals surface area contributed by atoms with Crippen molar-refractivity contribution in [2.45, 2.75) is 126 Å². The van der Waals surface area contributed by atoms with Crippen molar-refractivity contribution in [3.8, 4) is 23.3 Å². The summed E-state index contributed by atoms with van der Waals surface area (Å²) >= 11 is 0. The fourth-order valence-electron chi connectivity index (χ4n) is 13.8. The maximum atomic E-state index is 14.9. The van der Waals surface area contributed by atoms with Crippen LogP contribution in [0.15, 0.2) is 96.2 Å². The molecule has 0 unspecified atom stereocenters. The number of H-pyrrole nitrogens is 1. The number of piperazine rings is 1. The molecule has 3 atom stereocenters. The largest absolute Gasteiger partial charge is 0.491 e. The second kappa shape index (κ2) is 23.3. The molecule has 4 N–H and O–H groups in total. The molecule has 22 heteroatoms. The number of carbonyl (C=O) groups excluding carboxylic acids is 1. The zero-order valence-electron chi connectivity index (χ0n) is 48.4. The molecule has 0 radical (unpaired) electrons. The van der Waals surface area contributed by atoms with E-state index < -0.39 is 43.1 Å². The Kier molecular flexibility index (Phi) is 15.9. The molecule has 6 aliphatic rings. The number of amides is 1. The lowest BCUT2D eigenvalue weighted by atomic mass is 9.59. The number of nitrogens with zero attached hydrogens (tertiary/aromatic N) is 7. The normalized spacial score (nSPS) is 23.8. The molecule has 84 heavy (non-hydrogen) atoms. The molecule has 3 aromatic carbocycles. The van der Waals surface area contributed by atoms with Crippen molar-refractivity contribution in [2.75, 3.05) is 81.8 Å². The molecular formula is C62H76N10O11S. The molecule has 7 heterocycles. The minimum absolute atomic E-state index is 0.0228. The molecule has 3 saturated heterocycles. The van der Waals surface area contributed by atoms with Crippen LogP contribution in [0, 0.1) is 21.4 Å². The van der Waals surface area contributed by atoms with E-state index in [-0.39, 0.29) is 47.4 Å². The predicted octanol–water partition coefficient (Wildman–Crippen LogP) is 9.14. The lowest BCUT2D eigenvalue weighted by Gasteiger charge is -2.58. The number of nitro benzene ring substituents is 1. The van der Waals surface area contributed by atoms with Gasteiger partial charge in [0.2, 0.25) is 5.88 Å². The Balaban J connectivity index is 0.796. The summed E-state index contributed by atoms with van der Waals surface area (Å²) in [5, 5.41) is 26.9. The van der Waals surface area contributed by atoms with E-state index in [0.29, 0.717) is 73.0 Å². The Labute approximate surface area is 490 Å². The Morgan fingerprint density at radius 2 is 1.74 bits per heavy atom. The van der Waals surface area contributed by atoms with Crippen LogP contribution in [0.2, 0.25) is 0 Å². The summed E-state index contributed by atoms with van der Waals surface area (Å²) in [6.07, 6.45) is 10.7. The summed E-state index contributed by atoms with van der Waals surface area (Å²) in [4.78, 5) is 48.5. The van der Waals surface area contributed by atoms with E-state index in [4.69, 9.17) is 28.7 Å². The van der Waals surface area contributed by atoms with Crippen LogP contribution in [-0.2, 0) is 21.3 Å². The van der Waals surface area contributed by atoms with Gasteiger partial charge in [-0.25, -0.2) is 18.1 Å². The van der Waals surface area contributed by atoms with Crippen molar-refractivity contribution >= 4 is 55.4 Å². The molecular weight excluding hydrogens is 1090 g/mol. The number of benzene rings is 3. The van der Waals surface area contributed by atoms with E-state index in [1.54, 1.807) is 26.5 Å². The Morgan fingerprint density at radius 1 is 0.940 bits per heavy atom. The molecule has 6 aromatic rings. The molecule has 2 saturated carbocycles. The van der Waals surface area contributed by atoms with Crippen LogP contribution in [-0.4, -0.2) is 146 Å². The summed E-state index contributed by atoms with van der Waals surface area (Å²) in [5.74, 6) is 1.63. The average Bonchev–Trinajstić information content (AvgIpc) is 2.00. The number of aromatic amines is 1. The highest BCUT2D eigenvalue weighted by Crippen LogP contribution is 2.54. The second-order valence-electron chi connectivity index (χ2n) is 24.4. The first-order valence-electron chi connectivity index (χ1n) is 29.5. The quantitative estimate of drug-likeness (QED) is 0.0492. The van der Waals surface area contributed by atoms with Crippen LogP contribution < -0.4 is 38.8 Å². The summed E-state index contributed by atoms with van der Waals surface area (Å²) in [6, 6.07) is 23.8. The van der Waals surface area contributed by atoms with E-state index in [1.165, 1.54) is 17.7 Å². The van der Waals surface area contributed by atoms with Crippen LogP contribution in [0.4, 0.5) is 28.4 Å². The van der Waals surface area contributed by atoms with Crippen molar-refractivity contribution in [1.82, 2.24) is 29.5 Å². The fraction of sp³-hybridized carbons (Fsp3) is 0.500. The number of para-hydroxylation sites is 1. The number of carbonyl (C=O) groups is 1. The van der Waals surface area contributed by atoms with Crippen LogP contribution in [0.5, 0.6) is 23.3 Å². The number of pyridine rings is 2. The van der Waals surface area contributed by atoms with Gasteiger partial charge in [0, 0.05) is 93.6 Å². The van der Waals surface area contributed by atoms with Crippen molar-refractivity contribution in [1.29, 1.82) is 0 Å². The average molecular weight is 1170 g/mol. The fourth-order valence-corrected chi connectivity index (χ4v) is 14.8. The minimum Gasteiger partial charge on any atom is -0.491 e.